The molecule has 0 saturated carbocycles. The van der Waals surface area contributed by atoms with Gasteiger partial charge in [-0.1, -0.05) is 13.3 Å². The van der Waals surface area contributed by atoms with E-state index in [0.717, 1.165) is 6.42 Å². The highest BCUT2D eigenvalue weighted by molar-refractivity contribution is 6.42. The summed E-state index contributed by atoms with van der Waals surface area (Å²) in [6, 6.07) is 0. The summed E-state index contributed by atoms with van der Waals surface area (Å²) in [5.41, 5.74) is 0. The van der Waals surface area contributed by atoms with Crippen LogP contribution in [0.5, 0.6) is 0 Å². The zero-order valence-corrected chi connectivity index (χ0v) is 8.54. The molecular weight excluding hydrogens is 144 g/mol. The lowest BCUT2D eigenvalue weighted by molar-refractivity contribution is 0.161. The second kappa shape index (κ2) is 5.89. The van der Waals surface area contributed by atoms with E-state index in [9.17, 15) is 0 Å². The molecule has 0 N–H and O–H groups in total. The molecule has 0 aliphatic rings. The van der Waals surface area contributed by atoms with Crippen LogP contribution in [0.15, 0.2) is 0 Å². The molecule has 0 spiro atoms. The average Bonchev–Trinajstić information content (AvgIpc) is 1.88. The Morgan fingerprint density at radius 1 is 1.50 bits per heavy atom. The van der Waals surface area contributed by atoms with Crippen LogP contribution < -0.4 is 0 Å². The van der Waals surface area contributed by atoms with Crippen molar-refractivity contribution in [2.75, 3.05) is 7.11 Å². The predicted molar refractivity (Wildman–Crippen MR) is 45.5 cm³/mol. The molecule has 10 heavy (non-hydrogen) atoms. The van der Waals surface area contributed by atoms with E-state index >= 15 is 0 Å². The van der Waals surface area contributed by atoms with Gasteiger partial charge in [0.15, 0.2) is 0 Å². The summed E-state index contributed by atoms with van der Waals surface area (Å²) in [7, 11) is 0.447. The Morgan fingerprint density at radius 2 is 2.10 bits per heavy atom. The van der Waals surface area contributed by atoms with Gasteiger partial charge in [-0.15, -0.1) is 0 Å². The van der Waals surface area contributed by atoms with E-state index in [-0.39, 0.29) is 0 Å². The van der Waals surface area contributed by atoms with Crippen molar-refractivity contribution in [3.05, 3.63) is 0 Å². The zero-order chi connectivity index (χ0) is 7.98. The summed E-state index contributed by atoms with van der Waals surface area (Å²) in [4.78, 5) is 0. The Morgan fingerprint density at radius 3 is 2.50 bits per heavy atom. The normalized spacial score (nSPS) is 16.8. The van der Waals surface area contributed by atoms with Crippen LogP contribution in [0, 0.1) is 0 Å². The Hall–Kier alpha value is 0.137. The van der Waals surface area contributed by atoms with Crippen molar-refractivity contribution < 1.29 is 8.85 Å². The first-order valence-corrected chi connectivity index (χ1v) is 5.98. The largest absolute Gasteiger partial charge is 0.400 e. The molecular formula is C7H18O2Si. The van der Waals surface area contributed by atoms with Crippen LogP contribution in [0.2, 0.25) is 6.55 Å². The van der Waals surface area contributed by atoms with Gasteiger partial charge < -0.3 is 8.85 Å². The number of rotatable bonds is 5. The molecule has 0 fully saturated rings. The molecule has 0 rings (SSSR count). The molecule has 0 aliphatic carbocycles. The van der Waals surface area contributed by atoms with Crippen molar-refractivity contribution in [2.45, 2.75) is 39.3 Å². The molecule has 0 saturated heterocycles. The van der Waals surface area contributed by atoms with E-state index in [0.29, 0.717) is 6.10 Å². The maximum atomic E-state index is 5.56. The quantitative estimate of drug-likeness (QED) is 0.573. The lowest BCUT2D eigenvalue weighted by Gasteiger charge is -2.15. The zero-order valence-electron chi connectivity index (χ0n) is 7.39. The molecule has 3 heteroatoms. The van der Waals surface area contributed by atoms with Crippen molar-refractivity contribution >= 4 is 9.28 Å². The van der Waals surface area contributed by atoms with Gasteiger partial charge in [0.2, 0.25) is 0 Å². The highest BCUT2D eigenvalue weighted by Gasteiger charge is 2.07. The van der Waals surface area contributed by atoms with Gasteiger partial charge in [-0.3, -0.25) is 0 Å². The summed E-state index contributed by atoms with van der Waals surface area (Å²) < 4.78 is 10.6. The highest BCUT2D eigenvalue weighted by Crippen LogP contribution is 2.02. The maximum absolute atomic E-state index is 5.56. The standard InChI is InChI=1S/C7H18O2Si/c1-5-6-7(2)9-10(4)8-3/h7,10H,5-6H2,1-4H3. The lowest BCUT2D eigenvalue weighted by atomic mass is 10.2. The van der Waals surface area contributed by atoms with Gasteiger partial charge in [-0.2, -0.15) is 0 Å². The topological polar surface area (TPSA) is 18.5 Å². The smallest absolute Gasteiger partial charge is 0.318 e. The van der Waals surface area contributed by atoms with Gasteiger partial charge in [0.05, 0.1) is 0 Å². The molecule has 0 aromatic heterocycles. The van der Waals surface area contributed by atoms with Gasteiger partial charge in [-0.25, -0.2) is 0 Å². The second-order valence-corrected chi connectivity index (χ2v) is 4.42. The van der Waals surface area contributed by atoms with Crippen LogP contribution in [0.3, 0.4) is 0 Å². The molecule has 2 unspecified atom stereocenters. The first-order chi connectivity index (χ1) is 4.70. The monoisotopic (exact) mass is 162 g/mol. The number of hydrogen-bond donors (Lipinski definition) is 0. The lowest BCUT2D eigenvalue weighted by Crippen LogP contribution is -2.22. The Kier molecular flexibility index (Phi) is 5.97. The molecule has 62 valence electrons. The van der Waals surface area contributed by atoms with Crippen molar-refractivity contribution in [1.29, 1.82) is 0 Å². The minimum absolute atomic E-state index is 0.381. The van der Waals surface area contributed by atoms with Crippen LogP contribution in [0.4, 0.5) is 0 Å². The molecule has 0 radical (unpaired) electrons. The fraction of sp³-hybridized carbons (Fsp3) is 1.00. The third-order valence-electron chi connectivity index (χ3n) is 1.45. The molecule has 0 aromatic rings. The van der Waals surface area contributed by atoms with Gasteiger partial charge in [0, 0.05) is 13.2 Å². The van der Waals surface area contributed by atoms with E-state index in [2.05, 4.69) is 13.8 Å². The van der Waals surface area contributed by atoms with Crippen LogP contribution in [-0.4, -0.2) is 22.5 Å². The van der Waals surface area contributed by atoms with Crippen molar-refractivity contribution in [2.24, 2.45) is 0 Å². The Balaban J connectivity index is 3.27. The van der Waals surface area contributed by atoms with Crippen molar-refractivity contribution in [3.63, 3.8) is 0 Å². The van der Waals surface area contributed by atoms with E-state index in [1.54, 1.807) is 7.11 Å². The highest BCUT2D eigenvalue weighted by atomic mass is 28.3. The number of hydrogen-bond acceptors (Lipinski definition) is 2. The average molecular weight is 162 g/mol. The van der Waals surface area contributed by atoms with Crippen molar-refractivity contribution in [1.82, 2.24) is 0 Å². The van der Waals surface area contributed by atoms with E-state index < -0.39 is 9.28 Å². The van der Waals surface area contributed by atoms with Gasteiger partial charge in [0.1, 0.15) is 0 Å². The van der Waals surface area contributed by atoms with Gasteiger partial charge in [0.25, 0.3) is 0 Å². The van der Waals surface area contributed by atoms with Crippen LogP contribution in [-0.2, 0) is 8.85 Å². The van der Waals surface area contributed by atoms with E-state index in [4.69, 9.17) is 8.85 Å². The van der Waals surface area contributed by atoms with Crippen LogP contribution >= 0.6 is 0 Å². The predicted octanol–water partition coefficient (Wildman–Crippen LogP) is 1.69. The Labute approximate surface area is 65.4 Å². The van der Waals surface area contributed by atoms with Gasteiger partial charge in [-0.05, 0) is 19.9 Å². The first kappa shape index (κ1) is 10.1. The minimum Gasteiger partial charge on any atom is -0.400 e. The summed E-state index contributed by atoms with van der Waals surface area (Å²) >= 11 is 0. The fourth-order valence-electron chi connectivity index (χ4n) is 0.857. The Bertz CT molecular complexity index is 78.0. The first-order valence-electron chi connectivity index (χ1n) is 3.89. The molecule has 0 aromatic carbocycles. The summed E-state index contributed by atoms with van der Waals surface area (Å²) in [6.07, 6.45) is 2.71. The molecule has 2 atom stereocenters. The molecule has 0 amide bonds. The fourth-order valence-corrected chi connectivity index (χ4v) is 1.76. The minimum atomic E-state index is -1.27. The van der Waals surface area contributed by atoms with E-state index in [1.807, 2.05) is 6.55 Å². The van der Waals surface area contributed by atoms with Crippen molar-refractivity contribution in [3.8, 4) is 0 Å². The third kappa shape index (κ3) is 4.96. The molecule has 0 aliphatic heterocycles. The second-order valence-electron chi connectivity index (χ2n) is 2.54. The van der Waals surface area contributed by atoms with Crippen LogP contribution in [0.1, 0.15) is 26.7 Å². The SMILES string of the molecule is CCCC(C)O[SiH](C)OC. The van der Waals surface area contributed by atoms with Crippen LogP contribution in [0.25, 0.3) is 0 Å². The molecule has 2 nitrogen and oxygen atoms in total. The third-order valence-corrected chi connectivity index (χ3v) is 2.96. The summed E-state index contributed by atoms with van der Waals surface area (Å²) in [5, 5.41) is 0. The van der Waals surface area contributed by atoms with E-state index in [1.165, 1.54) is 6.42 Å². The van der Waals surface area contributed by atoms with Gasteiger partial charge >= 0.3 is 9.28 Å². The maximum Gasteiger partial charge on any atom is 0.318 e. The molecule has 0 bridgehead atoms. The molecule has 0 heterocycles. The summed E-state index contributed by atoms with van der Waals surface area (Å²) in [6.45, 7) is 6.32. The summed E-state index contributed by atoms with van der Waals surface area (Å²) in [5.74, 6) is 0.